The third kappa shape index (κ3) is 5.30. The SMILES string of the molecule is CC1(Cl)C(C(=O)Nc2ccc(Cl)c(CNC(=O)CC(F)F)c2)C1c1cc(F)c(Cl)c(F)c1. The van der Waals surface area contributed by atoms with Crippen LogP contribution in [0.2, 0.25) is 10.0 Å². The summed E-state index contributed by atoms with van der Waals surface area (Å²) in [6.07, 6.45) is -3.70. The molecule has 11 heteroatoms. The smallest absolute Gasteiger partial charge is 0.247 e. The van der Waals surface area contributed by atoms with Crippen LogP contribution >= 0.6 is 34.8 Å². The number of hydrogen-bond donors (Lipinski definition) is 2. The largest absolute Gasteiger partial charge is 0.352 e. The van der Waals surface area contributed by atoms with Gasteiger partial charge in [-0.2, -0.15) is 0 Å². The molecule has 1 aliphatic carbocycles. The molecule has 0 radical (unpaired) electrons. The van der Waals surface area contributed by atoms with Crippen molar-refractivity contribution in [2.45, 2.75) is 37.1 Å². The van der Waals surface area contributed by atoms with Crippen LogP contribution in [-0.2, 0) is 16.1 Å². The molecule has 0 heterocycles. The van der Waals surface area contributed by atoms with Crippen molar-refractivity contribution in [2.75, 3.05) is 5.32 Å². The van der Waals surface area contributed by atoms with Crippen LogP contribution in [0, 0.1) is 17.6 Å². The molecule has 1 aliphatic rings. The highest BCUT2D eigenvalue weighted by Crippen LogP contribution is 2.62. The normalized spacial score (nSPS) is 22.0. The van der Waals surface area contributed by atoms with Gasteiger partial charge in [-0.15, -0.1) is 11.6 Å². The molecule has 2 aromatic carbocycles. The molecular formula is C21H17Cl3F4N2O2. The molecule has 2 N–H and O–H groups in total. The summed E-state index contributed by atoms with van der Waals surface area (Å²) in [5, 5.41) is 4.61. The third-order valence-electron chi connectivity index (χ3n) is 5.22. The van der Waals surface area contributed by atoms with Gasteiger partial charge in [0.2, 0.25) is 18.2 Å². The van der Waals surface area contributed by atoms with E-state index in [1.807, 2.05) is 0 Å². The van der Waals surface area contributed by atoms with Gasteiger partial charge in [0.25, 0.3) is 0 Å². The van der Waals surface area contributed by atoms with E-state index >= 15 is 0 Å². The summed E-state index contributed by atoms with van der Waals surface area (Å²) in [5.74, 6) is -4.65. The fourth-order valence-electron chi connectivity index (χ4n) is 3.58. The Morgan fingerprint density at radius 2 is 1.75 bits per heavy atom. The second-order valence-electron chi connectivity index (χ2n) is 7.57. The summed E-state index contributed by atoms with van der Waals surface area (Å²) in [6, 6.07) is 6.56. The highest BCUT2D eigenvalue weighted by atomic mass is 35.5. The number of carbonyl (C=O) groups excluding carboxylic acids is 2. The maximum atomic E-state index is 13.8. The van der Waals surface area contributed by atoms with Gasteiger partial charge in [-0.1, -0.05) is 23.2 Å². The molecule has 4 nitrogen and oxygen atoms in total. The van der Waals surface area contributed by atoms with Crippen molar-refractivity contribution < 1.29 is 27.2 Å². The number of rotatable bonds is 7. The highest BCUT2D eigenvalue weighted by Gasteiger charge is 2.65. The minimum absolute atomic E-state index is 0.114. The fraction of sp³-hybridized carbons (Fsp3) is 0.333. The standard InChI is InChI=1S/C21H17Cl3F4N2O2/c1-21(24)17(9-5-13(25)19(23)14(26)6-9)18(21)20(32)30-11-2-3-12(22)10(4-11)8-29-16(31)7-15(27)28/h2-6,15,17-18H,7-8H2,1H3,(H,29,31)(H,30,32). The molecule has 32 heavy (non-hydrogen) atoms. The topological polar surface area (TPSA) is 58.2 Å². The van der Waals surface area contributed by atoms with E-state index in [4.69, 9.17) is 34.8 Å². The van der Waals surface area contributed by atoms with Crippen LogP contribution in [-0.4, -0.2) is 23.1 Å². The lowest BCUT2D eigenvalue weighted by Crippen LogP contribution is -2.25. The van der Waals surface area contributed by atoms with Crippen molar-refractivity contribution in [3.63, 3.8) is 0 Å². The number of anilines is 1. The second kappa shape index (κ2) is 9.45. The van der Waals surface area contributed by atoms with E-state index < -0.39 is 58.0 Å². The van der Waals surface area contributed by atoms with Gasteiger partial charge in [-0.25, -0.2) is 17.6 Å². The summed E-state index contributed by atoms with van der Waals surface area (Å²) in [5.41, 5.74) is 0.930. The summed E-state index contributed by atoms with van der Waals surface area (Å²) < 4.78 is 52.2. The molecule has 3 rings (SSSR count). The van der Waals surface area contributed by atoms with Crippen molar-refractivity contribution in [3.05, 3.63) is 63.1 Å². The summed E-state index contributed by atoms with van der Waals surface area (Å²) in [4.78, 5) is 23.2. The second-order valence-corrected chi connectivity index (χ2v) is 9.17. The van der Waals surface area contributed by atoms with Crippen molar-refractivity contribution in [3.8, 4) is 0 Å². The first-order valence-corrected chi connectivity index (χ1v) is 10.5. The van der Waals surface area contributed by atoms with Gasteiger partial charge >= 0.3 is 0 Å². The maximum Gasteiger partial charge on any atom is 0.247 e. The van der Waals surface area contributed by atoms with E-state index in [0.717, 1.165) is 12.1 Å². The van der Waals surface area contributed by atoms with Crippen LogP contribution in [0.4, 0.5) is 23.2 Å². The monoisotopic (exact) mass is 510 g/mol. The number of carbonyl (C=O) groups is 2. The van der Waals surface area contributed by atoms with E-state index in [2.05, 4.69) is 10.6 Å². The van der Waals surface area contributed by atoms with Gasteiger partial charge in [-0.05, 0) is 48.4 Å². The predicted molar refractivity (Wildman–Crippen MR) is 114 cm³/mol. The van der Waals surface area contributed by atoms with Crippen molar-refractivity contribution in [1.29, 1.82) is 0 Å². The quantitative estimate of drug-likeness (QED) is 0.277. The van der Waals surface area contributed by atoms with E-state index in [9.17, 15) is 27.2 Å². The Bertz CT molecular complexity index is 1040. The zero-order valence-corrected chi connectivity index (χ0v) is 18.8. The van der Waals surface area contributed by atoms with Crippen LogP contribution in [0.5, 0.6) is 0 Å². The summed E-state index contributed by atoms with van der Waals surface area (Å²) >= 11 is 18.0. The zero-order valence-electron chi connectivity index (χ0n) is 16.5. The minimum Gasteiger partial charge on any atom is -0.352 e. The molecule has 3 unspecified atom stereocenters. The van der Waals surface area contributed by atoms with E-state index in [1.165, 1.54) is 18.2 Å². The number of hydrogen-bond acceptors (Lipinski definition) is 2. The molecule has 1 saturated carbocycles. The number of benzene rings is 2. The molecule has 1 fully saturated rings. The van der Waals surface area contributed by atoms with E-state index in [1.54, 1.807) is 6.92 Å². The first-order chi connectivity index (χ1) is 14.9. The van der Waals surface area contributed by atoms with Crippen LogP contribution in [0.25, 0.3) is 0 Å². The Morgan fingerprint density at radius 1 is 1.12 bits per heavy atom. The van der Waals surface area contributed by atoms with Crippen LogP contribution < -0.4 is 10.6 Å². The highest BCUT2D eigenvalue weighted by molar-refractivity contribution is 6.32. The molecule has 0 spiro atoms. The maximum absolute atomic E-state index is 13.8. The van der Waals surface area contributed by atoms with Crippen molar-refractivity contribution in [2.24, 2.45) is 5.92 Å². The van der Waals surface area contributed by atoms with Gasteiger partial charge in [0.05, 0.1) is 17.2 Å². The van der Waals surface area contributed by atoms with Gasteiger partial charge < -0.3 is 10.6 Å². The zero-order chi connectivity index (χ0) is 23.8. The van der Waals surface area contributed by atoms with E-state index in [-0.39, 0.29) is 17.1 Å². The molecule has 0 bridgehead atoms. The molecule has 0 saturated heterocycles. The summed E-state index contributed by atoms with van der Waals surface area (Å²) in [6.45, 7) is 1.47. The average molecular weight is 512 g/mol. The molecule has 0 aromatic heterocycles. The molecular weight excluding hydrogens is 495 g/mol. The molecule has 2 aromatic rings. The third-order valence-corrected chi connectivity index (χ3v) is 6.42. The Labute approximate surface area is 196 Å². The molecule has 172 valence electrons. The lowest BCUT2D eigenvalue weighted by molar-refractivity contribution is -0.123. The first-order valence-electron chi connectivity index (χ1n) is 9.39. The van der Waals surface area contributed by atoms with Crippen LogP contribution in [0.15, 0.2) is 30.3 Å². The van der Waals surface area contributed by atoms with Gasteiger partial charge in [0.15, 0.2) is 0 Å². The van der Waals surface area contributed by atoms with Gasteiger partial charge in [0, 0.05) is 23.2 Å². The van der Waals surface area contributed by atoms with Crippen LogP contribution in [0.3, 0.4) is 0 Å². The number of halogens is 7. The van der Waals surface area contributed by atoms with Crippen LogP contribution in [0.1, 0.15) is 30.4 Å². The molecule has 0 aliphatic heterocycles. The summed E-state index contributed by atoms with van der Waals surface area (Å²) in [7, 11) is 0. The van der Waals surface area contributed by atoms with Gasteiger partial charge in [-0.3, -0.25) is 9.59 Å². The predicted octanol–water partition coefficient (Wildman–Crippen LogP) is 5.89. The average Bonchev–Trinajstić information content (AvgIpc) is 3.27. The fourth-order valence-corrected chi connectivity index (χ4v) is 4.28. The van der Waals surface area contributed by atoms with Gasteiger partial charge in [0.1, 0.15) is 16.7 Å². The van der Waals surface area contributed by atoms with Crippen molar-refractivity contribution in [1.82, 2.24) is 5.32 Å². The molecule has 2 amide bonds. The Morgan fingerprint density at radius 3 is 2.34 bits per heavy atom. The lowest BCUT2D eigenvalue weighted by Gasteiger charge is -2.11. The minimum atomic E-state index is -2.77. The molecule has 3 atom stereocenters. The van der Waals surface area contributed by atoms with E-state index in [0.29, 0.717) is 11.3 Å². The number of alkyl halides is 3. The first kappa shape index (κ1) is 24.6. The Balaban J connectivity index is 1.71. The van der Waals surface area contributed by atoms with Crippen molar-refractivity contribution >= 4 is 52.3 Å². The lowest BCUT2D eigenvalue weighted by atomic mass is 10.1. The Hall–Kier alpha value is -2.03. The Kier molecular flexibility index (Phi) is 7.27. The number of nitrogens with one attached hydrogen (secondary N) is 2. The number of amides is 2.